The van der Waals surface area contributed by atoms with Gasteiger partial charge in [-0.15, -0.1) is 0 Å². The molecule has 3 heteroatoms. The molecule has 0 saturated carbocycles. The van der Waals surface area contributed by atoms with Gasteiger partial charge in [-0.2, -0.15) is 0 Å². The molecule has 0 spiro atoms. The van der Waals surface area contributed by atoms with Crippen LogP contribution in [0.5, 0.6) is 0 Å². The highest BCUT2D eigenvalue weighted by molar-refractivity contribution is 6.30. The van der Waals surface area contributed by atoms with Crippen LogP contribution >= 0.6 is 11.6 Å². The summed E-state index contributed by atoms with van der Waals surface area (Å²) >= 11 is 5.85. The van der Waals surface area contributed by atoms with Crippen LogP contribution in [0.3, 0.4) is 0 Å². The Balaban J connectivity index is 2.29. The molecule has 0 aromatic heterocycles. The van der Waals surface area contributed by atoms with Crippen LogP contribution in [0.15, 0.2) is 42.5 Å². The van der Waals surface area contributed by atoms with Crippen LogP contribution in [-0.4, -0.2) is 6.04 Å². The second-order valence-electron chi connectivity index (χ2n) is 4.86. The molecule has 0 aliphatic heterocycles. The minimum Gasteiger partial charge on any atom is -0.310 e. The van der Waals surface area contributed by atoms with Crippen molar-refractivity contribution in [1.82, 2.24) is 5.32 Å². The van der Waals surface area contributed by atoms with Crippen molar-refractivity contribution in [3.05, 3.63) is 58.9 Å². The highest BCUT2D eigenvalue weighted by atomic mass is 35.5. The zero-order chi connectivity index (χ0) is 13.8. The van der Waals surface area contributed by atoms with Gasteiger partial charge in [0.15, 0.2) is 0 Å². The van der Waals surface area contributed by atoms with E-state index in [2.05, 4.69) is 19.2 Å². The Bertz CT molecular complexity index is 549. The summed E-state index contributed by atoms with van der Waals surface area (Å²) in [6.07, 6.45) is 0. The van der Waals surface area contributed by atoms with Gasteiger partial charge < -0.3 is 5.32 Å². The monoisotopic (exact) mass is 277 g/mol. The van der Waals surface area contributed by atoms with Crippen molar-refractivity contribution in [2.24, 2.45) is 0 Å². The lowest BCUT2D eigenvalue weighted by Crippen LogP contribution is -2.21. The molecule has 0 fully saturated rings. The number of hydrogen-bond donors (Lipinski definition) is 1. The van der Waals surface area contributed by atoms with Gasteiger partial charge in [-0.05, 0) is 35.4 Å². The minimum atomic E-state index is -0.212. The highest BCUT2D eigenvalue weighted by Crippen LogP contribution is 2.25. The summed E-state index contributed by atoms with van der Waals surface area (Å²) in [5, 5.41) is 3.98. The molecular formula is C16H17ClFN. The molecule has 1 nitrogen and oxygen atoms in total. The fraction of sp³-hybridized carbons (Fsp3) is 0.250. The van der Waals surface area contributed by atoms with Crippen LogP contribution in [0.4, 0.5) is 4.39 Å². The van der Waals surface area contributed by atoms with E-state index in [1.807, 2.05) is 24.3 Å². The van der Waals surface area contributed by atoms with Gasteiger partial charge in [0, 0.05) is 23.2 Å². The first-order valence-corrected chi connectivity index (χ1v) is 6.72. The first-order valence-electron chi connectivity index (χ1n) is 6.34. The zero-order valence-corrected chi connectivity index (χ0v) is 11.8. The van der Waals surface area contributed by atoms with E-state index in [0.717, 1.165) is 17.7 Å². The van der Waals surface area contributed by atoms with Crippen molar-refractivity contribution in [2.75, 3.05) is 0 Å². The van der Waals surface area contributed by atoms with Gasteiger partial charge in [0.25, 0.3) is 0 Å². The number of rotatable bonds is 4. The van der Waals surface area contributed by atoms with Gasteiger partial charge >= 0.3 is 0 Å². The number of nitrogens with one attached hydrogen (secondary N) is 1. The van der Waals surface area contributed by atoms with Crippen LogP contribution in [0, 0.1) is 5.82 Å². The summed E-state index contributed by atoms with van der Waals surface area (Å²) in [5.74, 6) is -0.212. The predicted molar refractivity (Wildman–Crippen MR) is 78.8 cm³/mol. The van der Waals surface area contributed by atoms with Crippen LogP contribution in [0.2, 0.25) is 5.02 Å². The zero-order valence-electron chi connectivity index (χ0n) is 11.1. The Hall–Kier alpha value is -1.38. The van der Waals surface area contributed by atoms with Crippen molar-refractivity contribution >= 4 is 11.6 Å². The maximum Gasteiger partial charge on any atom is 0.131 e. The molecule has 2 rings (SSSR count). The summed E-state index contributed by atoms with van der Waals surface area (Å²) in [6.45, 7) is 4.91. The molecular weight excluding hydrogens is 261 g/mol. The van der Waals surface area contributed by atoms with Crippen molar-refractivity contribution in [2.45, 2.75) is 26.4 Å². The third kappa shape index (κ3) is 3.79. The average Bonchev–Trinajstić information content (AvgIpc) is 2.39. The Morgan fingerprint density at radius 2 is 1.79 bits per heavy atom. The van der Waals surface area contributed by atoms with Gasteiger partial charge in [0.2, 0.25) is 0 Å². The Labute approximate surface area is 118 Å². The molecule has 0 saturated heterocycles. The Kier molecular flexibility index (Phi) is 4.56. The van der Waals surface area contributed by atoms with Crippen LogP contribution < -0.4 is 5.32 Å². The number of halogens is 2. The maximum absolute atomic E-state index is 13.9. The third-order valence-electron chi connectivity index (χ3n) is 2.90. The second kappa shape index (κ2) is 6.18. The van der Waals surface area contributed by atoms with Crippen molar-refractivity contribution in [3.63, 3.8) is 0 Å². The molecule has 0 aliphatic rings. The van der Waals surface area contributed by atoms with Crippen molar-refractivity contribution < 1.29 is 4.39 Å². The van der Waals surface area contributed by atoms with E-state index < -0.39 is 0 Å². The van der Waals surface area contributed by atoms with Gasteiger partial charge in [-0.1, -0.05) is 43.6 Å². The summed E-state index contributed by atoms with van der Waals surface area (Å²) in [7, 11) is 0. The van der Waals surface area contributed by atoms with Crippen LogP contribution in [0.25, 0.3) is 11.1 Å². The second-order valence-corrected chi connectivity index (χ2v) is 5.29. The largest absolute Gasteiger partial charge is 0.310 e. The van der Waals surface area contributed by atoms with E-state index in [0.29, 0.717) is 16.6 Å². The Morgan fingerprint density at radius 1 is 1.11 bits per heavy atom. The van der Waals surface area contributed by atoms with Crippen molar-refractivity contribution in [3.8, 4) is 11.1 Å². The van der Waals surface area contributed by atoms with Gasteiger partial charge in [-0.25, -0.2) is 4.39 Å². The topological polar surface area (TPSA) is 12.0 Å². The van der Waals surface area contributed by atoms with Crippen LogP contribution in [0.1, 0.15) is 19.4 Å². The molecule has 0 aliphatic carbocycles. The maximum atomic E-state index is 13.9. The molecule has 0 amide bonds. The quantitative estimate of drug-likeness (QED) is 0.858. The molecule has 0 heterocycles. The molecule has 0 radical (unpaired) electrons. The lowest BCUT2D eigenvalue weighted by Gasteiger charge is -2.10. The van der Waals surface area contributed by atoms with Gasteiger partial charge in [0.1, 0.15) is 5.82 Å². The highest BCUT2D eigenvalue weighted by Gasteiger charge is 2.06. The predicted octanol–water partition coefficient (Wildman–Crippen LogP) is 4.64. The molecule has 0 atom stereocenters. The molecule has 0 bridgehead atoms. The molecule has 1 N–H and O–H groups in total. The van der Waals surface area contributed by atoms with Gasteiger partial charge in [0.05, 0.1) is 0 Å². The normalized spacial score (nSPS) is 11.0. The smallest absolute Gasteiger partial charge is 0.131 e. The molecule has 2 aromatic rings. The first-order chi connectivity index (χ1) is 9.06. The fourth-order valence-corrected chi connectivity index (χ4v) is 1.98. The van der Waals surface area contributed by atoms with E-state index in [4.69, 9.17) is 11.6 Å². The van der Waals surface area contributed by atoms with E-state index in [-0.39, 0.29) is 5.82 Å². The lowest BCUT2D eigenvalue weighted by molar-refractivity contribution is 0.586. The SMILES string of the molecule is CC(C)NCc1ccc(F)c(-c2ccc(Cl)cc2)c1. The molecule has 0 unspecified atom stereocenters. The molecule has 19 heavy (non-hydrogen) atoms. The standard InChI is InChI=1S/C16H17ClFN/c1-11(2)19-10-12-3-8-16(18)15(9-12)13-4-6-14(17)7-5-13/h3-9,11,19H,10H2,1-2H3. The summed E-state index contributed by atoms with van der Waals surface area (Å²) in [4.78, 5) is 0. The summed E-state index contributed by atoms with van der Waals surface area (Å²) in [6, 6.07) is 12.8. The van der Waals surface area contributed by atoms with E-state index >= 15 is 0 Å². The molecule has 2 aromatic carbocycles. The lowest BCUT2D eigenvalue weighted by atomic mass is 10.0. The first kappa shape index (κ1) is 14.0. The Morgan fingerprint density at radius 3 is 2.42 bits per heavy atom. The number of benzene rings is 2. The van der Waals surface area contributed by atoms with E-state index in [1.54, 1.807) is 12.1 Å². The average molecular weight is 278 g/mol. The van der Waals surface area contributed by atoms with Crippen molar-refractivity contribution in [1.29, 1.82) is 0 Å². The third-order valence-corrected chi connectivity index (χ3v) is 3.15. The van der Waals surface area contributed by atoms with E-state index in [9.17, 15) is 4.39 Å². The van der Waals surface area contributed by atoms with Gasteiger partial charge in [-0.3, -0.25) is 0 Å². The molecule has 100 valence electrons. The number of hydrogen-bond acceptors (Lipinski definition) is 1. The van der Waals surface area contributed by atoms with E-state index in [1.165, 1.54) is 6.07 Å². The summed E-state index contributed by atoms with van der Waals surface area (Å²) in [5.41, 5.74) is 2.52. The minimum absolute atomic E-state index is 0.212. The summed E-state index contributed by atoms with van der Waals surface area (Å²) < 4.78 is 13.9. The fourth-order valence-electron chi connectivity index (χ4n) is 1.86. The van der Waals surface area contributed by atoms with Crippen LogP contribution in [-0.2, 0) is 6.54 Å².